The zero-order valence-corrected chi connectivity index (χ0v) is 29.3. The minimum absolute atomic E-state index is 0.0144. The molecule has 2 aliphatic rings. The lowest BCUT2D eigenvalue weighted by atomic mass is 9.89. The van der Waals surface area contributed by atoms with E-state index in [9.17, 15) is 14.7 Å². The van der Waals surface area contributed by atoms with Crippen LogP contribution in [0.25, 0.3) is 11.1 Å². The molecule has 2 heterocycles. The van der Waals surface area contributed by atoms with Crippen LogP contribution in [0.4, 0.5) is 0 Å². The molecule has 2 aliphatic heterocycles. The summed E-state index contributed by atoms with van der Waals surface area (Å²) < 4.78 is 24.6. The SMILES string of the molecule is COc1cc2c(cc1OC)CN(C[C@H]1O[C@@H](c3ccc(-c4cccc(CNC(=O)CCC(=O)O)c4)cc3)O[C@@H](c3ccc(CO)cc3)[C@H]1C)CC2. The molecule has 3 N–H and O–H groups in total. The van der Waals surface area contributed by atoms with Crippen molar-refractivity contribution >= 4 is 11.9 Å². The second kappa shape index (κ2) is 16.5. The number of nitrogens with zero attached hydrogens (tertiary/aromatic N) is 1. The topological polar surface area (TPSA) is 127 Å². The van der Waals surface area contributed by atoms with Crippen LogP contribution in [0.15, 0.2) is 84.9 Å². The van der Waals surface area contributed by atoms with Crippen LogP contribution in [0.5, 0.6) is 11.5 Å². The lowest BCUT2D eigenvalue weighted by molar-refractivity contribution is -0.276. The van der Waals surface area contributed by atoms with Gasteiger partial charge in [0.1, 0.15) is 0 Å². The van der Waals surface area contributed by atoms with Crippen LogP contribution in [-0.4, -0.2) is 60.4 Å². The minimum atomic E-state index is -0.993. The number of amides is 1. The molecular weight excluding hydrogens is 648 g/mol. The molecule has 0 aromatic heterocycles. The standard InChI is InChI=1S/C41H46N2O8/c1-26-37(24-43-18-17-33-20-35(48-2)36(49-3)21-34(33)23-43)50-41(51-40(26)30-9-7-27(25-44)8-10-30)31-13-11-29(12-14-31)32-6-4-5-28(19-32)22-42-38(45)15-16-39(46)47/h4-14,19-21,26,37,40-41,44H,15-18,22-25H2,1-3H3,(H,42,45)(H,46,47)/t26-,37+,40+,41+/m0/s1. The summed E-state index contributed by atoms with van der Waals surface area (Å²) in [7, 11) is 3.33. The molecule has 0 radical (unpaired) electrons. The highest BCUT2D eigenvalue weighted by molar-refractivity contribution is 5.80. The van der Waals surface area contributed by atoms with Gasteiger partial charge in [0, 0.05) is 44.1 Å². The Kier molecular flexibility index (Phi) is 11.7. The fraction of sp³-hybridized carbons (Fsp3) is 0.366. The second-order valence-electron chi connectivity index (χ2n) is 13.3. The Morgan fingerprint density at radius 3 is 2.24 bits per heavy atom. The molecule has 51 heavy (non-hydrogen) atoms. The van der Waals surface area contributed by atoms with Gasteiger partial charge >= 0.3 is 5.97 Å². The maximum absolute atomic E-state index is 12.0. The molecular formula is C41H46N2O8. The summed E-state index contributed by atoms with van der Waals surface area (Å²) >= 11 is 0. The number of hydrogen-bond acceptors (Lipinski definition) is 8. The molecule has 1 saturated heterocycles. The highest BCUT2D eigenvalue weighted by Gasteiger charge is 2.39. The Hall–Kier alpha value is -4.74. The predicted molar refractivity (Wildman–Crippen MR) is 192 cm³/mol. The highest BCUT2D eigenvalue weighted by atomic mass is 16.7. The monoisotopic (exact) mass is 694 g/mol. The van der Waals surface area contributed by atoms with Crippen LogP contribution < -0.4 is 14.8 Å². The molecule has 4 aromatic rings. The van der Waals surface area contributed by atoms with Gasteiger partial charge in [0.25, 0.3) is 0 Å². The van der Waals surface area contributed by atoms with E-state index in [0.29, 0.717) is 6.54 Å². The van der Waals surface area contributed by atoms with E-state index < -0.39 is 12.3 Å². The summed E-state index contributed by atoms with van der Waals surface area (Å²) in [5, 5.41) is 21.3. The Labute approximate surface area is 298 Å². The molecule has 0 saturated carbocycles. The molecule has 0 spiro atoms. The molecule has 10 nitrogen and oxygen atoms in total. The third-order valence-electron chi connectivity index (χ3n) is 9.86. The molecule has 6 rings (SSSR count). The van der Waals surface area contributed by atoms with Crippen LogP contribution in [0.3, 0.4) is 0 Å². The maximum atomic E-state index is 12.0. The first kappa shape index (κ1) is 36.1. The van der Waals surface area contributed by atoms with E-state index in [2.05, 4.69) is 29.3 Å². The Morgan fingerprint density at radius 2 is 1.55 bits per heavy atom. The van der Waals surface area contributed by atoms with Gasteiger partial charge in [0.05, 0.1) is 39.5 Å². The normalized spacial score (nSPS) is 20.3. The summed E-state index contributed by atoms with van der Waals surface area (Å²) in [5.41, 5.74) is 8.24. The number of nitrogens with one attached hydrogen (secondary N) is 1. The number of fused-ring (bicyclic) bond motifs is 1. The number of ether oxygens (including phenoxy) is 4. The van der Waals surface area contributed by atoms with Crippen LogP contribution in [-0.2, 0) is 45.2 Å². The summed E-state index contributed by atoms with van der Waals surface area (Å²) in [6.07, 6.45) is -0.256. The van der Waals surface area contributed by atoms with E-state index >= 15 is 0 Å². The van der Waals surface area contributed by atoms with Crippen LogP contribution in [0.2, 0.25) is 0 Å². The molecule has 0 bridgehead atoms. The second-order valence-corrected chi connectivity index (χ2v) is 13.3. The third-order valence-corrected chi connectivity index (χ3v) is 9.86. The van der Waals surface area contributed by atoms with E-state index in [4.69, 9.17) is 24.1 Å². The van der Waals surface area contributed by atoms with E-state index in [0.717, 1.165) is 70.9 Å². The highest BCUT2D eigenvalue weighted by Crippen LogP contribution is 2.43. The quantitative estimate of drug-likeness (QED) is 0.150. The lowest BCUT2D eigenvalue weighted by Crippen LogP contribution is -2.45. The van der Waals surface area contributed by atoms with Crippen molar-refractivity contribution in [3.8, 4) is 22.6 Å². The number of benzene rings is 4. The van der Waals surface area contributed by atoms with Crippen molar-refractivity contribution in [2.24, 2.45) is 5.92 Å². The first-order valence-corrected chi connectivity index (χ1v) is 17.4. The van der Waals surface area contributed by atoms with Gasteiger partial charge in [-0.05, 0) is 63.6 Å². The number of methoxy groups -OCH3 is 2. The van der Waals surface area contributed by atoms with Crippen molar-refractivity contribution in [2.45, 2.75) is 64.4 Å². The summed E-state index contributed by atoms with van der Waals surface area (Å²) in [6.45, 7) is 4.90. The fourth-order valence-electron chi connectivity index (χ4n) is 6.88. The Balaban J connectivity index is 1.19. The van der Waals surface area contributed by atoms with Crippen LogP contribution in [0, 0.1) is 5.92 Å². The van der Waals surface area contributed by atoms with Gasteiger partial charge in [-0.2, -0.15) is 0 Å². The molecule has 0 unspecified atom stereocenters. The number of carbonyl (C=O) groups excluding carboxylic acids is 1. The van der Waals surface area contributed by atoms with Crippen LogP contribution in [0.1, 0.15) is 65.5 Å². The van der Waals surface area contributed by atoms with Gasteiger partial charge in [-0.15, -0.1) is 0 Å². The van der Waals surface area contributed by atoms with E-state index in [1.807, 2.05) is 72.8 Å². The molecule has 1 amide bonds. The minimum Gasteiger partial charge on any atom is -0.493 e. The number of aliphatic hydroxyl groups is 1. The average molecular weight is 695 g/mol. The van der Waals surface area contributed by atoms with Crippen molar-refractivity contribution in [3.63, 3.8) is 0 Å². The van der Waals surface area contributed by atoms with Gasteiger partial charge in [-0.1, -0.05) is 73.7 Å². The number of carbonyl (C=O) groups is 2. The van der Waals surface area contributed by atoms with Gasteiger partial charge < -0.3 is 34.5 Å². The third kappa shape index (κ3) is 8.77. The molecule has 10 heteroatoms. The Morgan fingerprint density at radius 1 is 0.843 bits per heavy atom. The fourth-order valence-corrected chi connectivity index (χ4v) is 6.88. The van der Waals surface area contributed by atoms with Crippen molar-refractivity contribution in [2.75, 3.05) is 27.3 Å². The summed E-state index contributed by atoms with van der Waals surface area (Å²) in [6, 6.07) is 28.2. The van der Waals surface area contributed by atoms with Gasteiger partial charge in [-0.3, -0.25) is 14.5 Å². The first-order valence-electron chi connectivity index (χ1n) is 17.4. The molecule has 268 valence electrons. The van der Waals surface area contributed by atoms with Crippen molar-refractivity contribution < 1.29 is 38.7 Å². The van der Waals surface area contributed by atoms with Gasteiger partial charge in [-0.25, -0.2) is 0 Å². The van der Waals surface area contributed by atoms with Crippen molar-refractivity contribution in [1.82, 2.24) is 10.2 Å². The summed E-state index contributed by atoms with van der Waals surface area (Å²) in [5.74, 6) is 0.255. The zero-order chi connectivity index (χ0) is 35.9. The summed E-state index contributed by atoms with van der Waals surface area (Å²) in [4.78, 5) is 25.3. The number of aliphatic hydroxyl groups excluding tert-OH is 1. The van der Waals surface area contributed by atoms with Gasteiger partial charge in [0.2, 0.25) is 5.91 Å². The predicted octanol–water partition coefficient (Wildman–Crippen LogP) is 6.19. The van der Waals surface area contributed by atoms with E-state index in [1.54, 1.807) is 14.2 Å². The number of carboxylic acid groups (broad SMARTS) is 1. The van der Waals surface area contributed by atoms with Crippen molar-refractivity contribution in [1.29, 1.82) is 0 Å². The van der Waals surface area contributed by atoms with Gasteiger partial charge in [0.15, 0.2) is 17.8 Å². The first-order chi connectivity index (χ1) is 24.7. The number of hydrogen-bond donors (Lipinski definition) is 3. The van der Waals surface area contributed by atoms with Crippen LogP contribution >= 0.6 is 0 Å². The zero-order valence-electron chi connectivity index (χ0n) is 29.3. The van der Waals surface area contributed by atoms with E-state index in [1.165, 1.54) is 11.1 Å². The molecule has 1 fully saturated rings. The molecule has 0 aliphatic carbocycles. The average Bonchev–Trinajstić information content (AvgIpc) is 3.16. The molecule has 4 aromatic carbocycles. The smallest absolute Gasteiger partial charge is 0.303 e. The van der Waals surface area contributed by atoms with E-state index in [-0.39, 0.29) is 43.5 Å². The van der Waals surface area contributed by atoms with Crippen molar-refractivity contribution in [3.05, 3.63) is 118 Å². The number of rotatable bonds is 13. The largest absolute Gasteiger partial charge is 0.493 e. The molecule has 4 atom stereocenters. The Bertz CT molecular complexity index is 1810. The maximum Gasteiger partial charge on any atom is 0.303 e. The number of carboxylic acids is 1. The number of aliphatic carboxylic acids is 1. The lowest BCUT2D eigenvalue weighted by Gasteiger charge is -2.43.